The second kappa shape index (κ2) is 8.91. The molecular formula is C26H34O3Si. The molecule has 3 atom stereocenters. The van der Waals surface area contributed by atoms with E-state index in [4.69, 9.17) is 9.16 Å². The fourth-order valence-corrected chi connectivity index (χ4v) is 9.22. The van der Waals surface area contributed by atoms with Crippen LogP contribution in [0.5, 0.6) is 0 Å². The highest BCUT2D eigenvalue weighted by atomic mass is 28.4. The summed E-state index contributed by atoms with van der Waals surface area (Å²) in [6, 6.07) is 21.3. The second-order valence-electron chi connectivity index (χ2n) is 9.51. The first-order chi connectivity index (χ1) is 14.2. The molecule has 0 N–H and O–H groups in total. The molecule has 0 spiro atoms. The molecule has 2 aromatic carbocycles. The molecule has 1 heterocycles. The number of esters is 1. The molecule has 0 radical (unpaired) electrons. The van der Waals surface area contributed by atoms with Crippen LogP contribution in [-0.2, 0) is 14.0 Å². The summed E-state index contributed by atoms with van der Waals surface area (Å²) in [6.07, 6.45) is 1.79. The Bertz CT molecular complexity index is 844. The molecule has 160 valence electrons. The molecule has 3 nitrogen and oxygen atoms in total. The van der Waals surface area contributed by atoms with E-state index < -0.39 is 8.32 Å². The average Bonchev–Trinajstić information content (AvgIpc) is 2.71. The Morgan fingerprint density at radius 2 is 1.50 bits per heavy atom. The molecule has 0 amide bonds. The van der Waals surface area contributed by atoms with Gasteiger partial charge in [-0.15, -0.1) is 0 Å². The van der Waals surface area contributed by atoms with Crippen molar-refractivity contribution in [2.75, 3.05) is 6.61 Å². The number of hydrogen-bond acceptors (Lipinski definition) is 3. The zero-order valence-corrected chi connectivity index (χ0v) is 20.0. The van der Waals surface area contributed by atoms with Crippen molar-refractivity contribution in [3.8, 4) is 0 Å². The number of ether oxygens (including phenoxy) is 1. The van der Waals surface area contributed by atoms with E-state index in [1.54, 1.807) is 0 Å². The van der Waals surface area contributed by atoms with Gasteiger partial charge in [-0.1, -0.05) is 94.4 Å². The van der Waals surface area contributed by atoms with Gasteiger partial charge < -0.3 is 9.16 Å². The van der Waals surface area contributed by atoms with Gasteiger partial charge in [-0.2, -0.15) is 0 Å². The smallest absolute Gasteiger partial charge is 0.313 e. The highest BCUT2D eigenvalue weighted by Gasteiger charge is 2.50. The SMILES string of the molecule is CC1=C[C@@H](C)C(=O)O[C@@H]1[C@H](C)CO[Si](c1ccccc1)(c1ccccc1)C(C)(C)C. The molecule has 4 heteroatoms. The molecule has 0 saturated carbocycles. The van der Waals surface area contributed by atoms with Gasteiger partial charge in [0.2, 0.25) is 0 Å². The summed E-state index contributed by atoms with van der Waals surface area (Å²) in [4.78, 5) is 12.2. The number of carbonyl (C=O) groups excluding carboxylic acids is 1. The van der Waals surface area contributed by atoms with Gasteiger partial charge in [0.25, 0.3) is 8.32 Å². The lowest BCUT2D eigenvalue weighted by atomic mass is 9.93. The van der Waals surface area contributed by atoms with Gasteiger partial charge in [-0.3, -0.25) is 4.79 Å². The molecule has 3 rings (SSSR count). The number of benzene rings is 2. The minimum Gasteiger partial charge on any atom is -0.457 e. The maximum atomic E-state index is 12.2. The summed E-state index contributed by atoms with van der Waals surface area (Å²) in [5.74, 6) is -0.256. The lowest BCUT2D eigenvalue weighted by Gasteiger charge is -2.44. The van der Waals surface area contributed by atoms with Crippen molar-refractivity contribution in [3.05, 3.63) is 72.3 Å². The Hall–Kier alpha value is -2.17. The molecule has 1 aliphatic rings. The topological polar surface area (TPSA) is 35.5 Å². The first kappa shape index (κ1) is 22.5. The van der Waals surface area contributed by atoms with Crippen LogP contribution >= 0.6 is 0 Å². The van der Waals surface area contributed by atoms with Crippen LogP contribution in [0, 0.1) is 11.8 Å². The van der Waals surface area contributed by atoms with Crippen molar-refractivity contribution in [2.24, 2.45) is 11.8 Å². The summed E-state index contributed by atoms with van der Waals surface area (Å²) < 4.78 is 12.8. The van der Waals surface area contributed by atoms with Crippen LogP contribution in [0.1, 0.15) is 41.5 Å². The van der Waals surface area contributed by atoms with Crippen LogP contribution < -0.4 is 10.4 Å². The first-order valence-corrected chi connectivity index (χ1v) is 12.7. The Labute approximate surface area is 182 Å². The van der Waals surface area contributed by atoms with Gasteiger partial charge in [0.15, 0.2) is 0 Å². The molecular weight excluding hydrogens is 388 g/mol. The van der Waals surface area contributed by atoms with E-state index in [1.165, 1.54) is 10.4 Å². The second-order valence-corrected chi connectivity index (χ2v) is 13.8. The predicted octanol–water partition coefficient (Wildman–Crippen LogP) is 4.71. The molecule has 0 bridgehead atoms. The molecule has 0 aromatic heterocycles. The maximum absolute atomic E-state index is 12.2. The van der Waals surface area contributed by atoms with Gasteiger partial charge >= 0.3 is 5.97 Å². The molecule has 0 saturated heterocycles. The largest absolute Gasteiger partial charge is 0.457 e. The number of carbonyl (C=O) groups is 1. The highest BCUT2D eigenvalue weighted by molar-refractivity contribution is 6.99. The number of rotatable bonds is 6. The minimum absolute atomic E-state index is 0.0688. The van der Waals surface area contributed by atoms with Gasteiger partial charge in [-0.05, 0) is 34.8 Å². The Kier molecular flexibility index (Phi) is 6.68. The van der Waals surface area contributed by atoms with E-state index in [0.29, 0.717) is 6.61 Å². The van der Waals surface area contributed by atoms with Crippen molar-refractivity contribution in [2.45, 2.75) is 52.7 Å². The van der Waals surface area contributed by atoms with Crippen molar-refractivity contribution >= 4 is 24.7 Å². The standard InChI is InChI=1S/C26H34O3Si/c1-19-17-20(2)25(27)29-24(19)21(3)18-28-30(26(4,5)6,22-13-9-7-10-14-22)23-15-11-8-12-16-23/h7-17,20-21,24H,18H2,1-6H3/t20-,21-,24+/m1/s1. The summed E-state index contributed by atoms with van der Waals surface area (Å²) >= 11 is 0. The molecule has 1 aliphatic heterocycles. The van der Waals surface area contributed by atoms with Crippen LogP contribution in [0.2, 0.25) is 5.04 Å². The normalized spacial score (nSPS) is 21.0. The van der Waals surface area contributed by atoms with E-state index in [-0.39, 0.29) is 28.9 Å². The maximum Gasteiger partial charge on any atom is 0.313 e. The Morgan fingerprint density at radius 1 is 1.00 bits per heavy atom. The number of hydrogen-bond donors (Lipinski definition) is 0. The van der Waals surface area contributed by atoms with Gasteiger partial charge in [0.05, 0.1) is 5.92 Å². The molecule has 2 aromatic rings. The van der Waals surface area contributed by atoms with Crippen LogP contribution in [0.3, 0.4) is 0 Å². The lowest BCUT2D eigenvalue weighted by Crippen LogP contribution is -2.67. The Morgan fingerprint density at radius 3 is 1.97 bits per heavy atom. The van der Waals surface area contributed by atoms with Crippen LogP contribution in [0.15, 0.2) is 72.3 Å². The summed E-state index contributed by atoms with van der Waals surface area (Å²) in [6.45, 7) is 13.4. The summed E-state index contributed by atoms with van der Waals surface area (Å²) in [5, 5.41) is 2.45. The van der Waals surface area contributed by atoms with Crippen LogP contribution in [-0.4, -0.2) is 27.0 Å². The van der Waals surface area contributed by atoms with E-state index in [1.807, 2.05) is 19.9 Å². The quantitative estimate of drug-likeness (QED) is 0.384. The van der Waals surface area contributed by atoms with E-state index >= 15 is 0 Å². The fraction of sp³-hybridized carbons (Fsp3) is 0.423. The van der Waals surface area contributed by atoms with Crippen LogP contribution in [0.25, 0.3) is 0 Å². The molecule has 0 fully saturated rings. The zero-order valence-electron chi connectivity index (χ0n) is 19.0. The third kappa shape index (κ3) is 4.30. The van der Waals surface area contributed by atoms with E-state index in [2.05, 4.69) is 88.4 Å². The highest BCUT2D eigenvalue weighted by Crippen LogP contribution is 2.37. The number of cyclic esters (lactones) is 1. The van der Waals surface area contributed by atoms with Gasteiger partial charge in [-0.25, -0.2) is 0 Å². The van der Waals surface area contributed by atoms with Gasteiger partial charge in [0.1, 0.15) is 6.10 Å². The van der Waals surface area contributed by atoms with Crippen molar-refractivity contribution in [1.82, 2.24) is 0 Å². The molecule has 0 aliphatic carbocycles. The monoisotopic (exact) mass is 422 g/mol. The van der Waals surface area contributed by atoms with Crippen molar-refractivity contribution in [1.29, 1.82) is 0 Å². The molecule has 0 unspecified atom stereocenters. The fourth-order valence-electron chi connectivity index (χ4n) is 4.55. The third-order valence-electron chi connectivity index (χ3n) is 6.07. The predicted molar refractivity (Wildman–Crippen MR) is 126 cm³/mol. The Balaban J connectivity index is 1.98. The lowest BCUT2D eigenvalue weighted by molar-refractivity contribution is -0.154. The summed E-state index contributed by atoms with van der Waals surface area (Å²) in [7, 11) is -2.59. The van der Waals surface area contributed by atoms with Crippen LogP contribution in [0.4, 0.5) is 0 Å². The average molecular weight is 423 g/mol. The zero-order chi connectivity index (χ0) is 21.9. The van der Waals surface area contributed by atoms with E-state index in [9.17, 15) is 4.79 Å². The van der Waals surface area contributed by atoms with Crippen molar-refractivity contribution in [3.63, 3.8) is 0 Å². The van der Waals surface area contributed by atoms with Crippen molar-refractivity contribution < 1.29 is 14.0 Å². The van der Waals surface area contributed by atoms with E-state index in [0.717, 1.165) is 5.57 Å². The third-order valence-corrected chi connectivity index (χ3v) is 11.1. The molecule has 30 heavy (non-hydrogen) atoms. The summed E-state index contributed by atoms with van der Waals surface area (Å²) in [5.41, 5.74) is 1.11. The minimum atomic E-state index is -2.59. The first-order valence-electron chi connectivity index (χ1n) is 10.8. The van der Waals surface area contributed by atoms with Gasteiger partial charge in [0, 0.05) is 12.5 Å².